The van der Waals surface area contributed by atoms with Crippen LogP contribution < -0.4 is 21.7 Å². The lowest BCUT2D eigenvalue weighted by molar-refractivity contribution is -0.138. The first-order valence-corrected chi connectivity index (χ1v) is 10.1. The maximum absolute atomic E-state index is 12.5. The van der Waals surface area contributed by atoms with Crippen molar-refractivity contribution in [2.75, 3.05) is 0 Å². The van der Waals surface area contributed by atoms with Crippen LogP contribution in [0.2, 0.25) is 0 Å². The van der Waals surface area contributed by atoms with Gasteiger partial charge in [0, 0.05) is 12.8 Å². The average molecular weight is 422 g/mol. The third-order valence-electron chi connectivity index (χ3n) is 5.30. The molecule has 1 saturated heterocycles. The Hall–Kier alpha value is -3.68. The molecule has 0 aliphatic carbocycles. The number of aryl methyl sites for hydroxylation is 1. The van der Waals surface area contributed by atoms with E-state index >= 15 is 0 Å². The quantitative estimate of drug-likeness (QED) is 0.481. The van der Waals surface area contributed by atoms with E-state index in [1.54, 1.807) is 0 Å². The Labute approximate surface area is 180 Å². The standard InChI is InChI=1S/C23H26N4O4/c1-14-7-5-6-10-16(14)12-17(21(24)29)25-20(28)13-19-23(31)26-18(22(30)27-19)11-15-8-3-2-4-9-15/h2-10,17-19H,11-13H2,1H3,(H2,24,29)(H,25,28)(H,26,31)(H,27,30)/t17-,18+,19+/m1/s1. The highest BCUT2D eigenvalue weighted by molar-refractivity contribution is 5.99. The van der Waals surface area contributed by atoms with E-state index in [-0.39, 0.29) is 18.7 Å². The van der Waals surface area contributed by atoms with Gasteiger partial charge in [-0.25, -0.2) is 0 Å². The molecule has 0 bridgehead atoms. The number of primary amides is 1. The Morgan fingerprint density at radius 3 is 2.26 bits per heavy atom. The summed E-state index contributed by atoms with van der Waals surface area (Å²) in [4.78, 5) is 49.2. The van der Waals surface area contributed by atoms with Gasteiger partial charge in [0.2, 0.25) is 23.6 Å². The van der Waals surface area contributed by atoms with Gasteiger partial charge in [-0.05, 0) is 23.6 Å². The molecule has 3 rings (SSSR count). The second kappa shape index (κ2) is 9.88. The van der Waals surface area contributed by atoms with E-state index in [2.05, 4.69) is 16.0 Å². The molecule has 2 aromatic carbocycles. The van der Waals surface area contributed by atoms with Crippen molar-refractivity contribution in [3.63, 3.8) is 0 Å². The molecule has 4 amide bonds. The Morgan fingerprint density at radius 2 is 1.58 bits per heavy atom. The summed E-state index contributed by atoms with van der Waals surface area (Å²) in [6, 6.07) is 14.2. The zero-order chi connectivity index (χ0) is 22.4. The van der Waals surface area contributed by atoms with E-state index in [1.807, 2.05) is 61.5 Å². The van der Waals surface area contributed by atoms with Gasteiger partial charge in [-0.3, -0.25) is 19.2 Å². The summed E-state index contributed by atoms with van der Waals surface area (Å²) in [6.45, 7) is 1.91. The van der Waals surface area contributed by atoms with E-state index in [9.17, 15) is 19.2 Å². The van der Waals surface area contributed by atoms with E-state index in [4.69, 9.17) is 5.73 Å². The number of hydrogen-bond donors (Lipinski definition) is 4. The van der Waals surface area contributed by atoms with Gasteiger partial charge >= 0.3 is 0 Å². The highest BCUT2D eigenvalue weighted by Crippen LogP contribution is 2.11. The zero-order valence-electron chi connectivity index (χ0n) is 17.3. The molecule has 1 fully saturated rings. The van der Waals surface area contributed by atoms with Gasteiger partial charge in [-0.1, -0.05) is 54.6 Å². The van der Waals surface area contributed by atoms with Crippen molar-refractivity contribution in [1.82, 2.24) is 16.0 Å². The zero-order valence-corrected chi connectivity index (χ0v) is 17.3. The minimum absolute atomic E-state index is 0.246. The molecular formula is C23H26N4O4. The summed E-state index contributed by atoms with van der Waals surface area (Å²) in [7, 11) is 0. The number of carbonyl (C=O) groups is 4. The topological polar surface area (TPSA) is 130 Å². The summed E-state index contributed by atoms with van der Waals surface area (Å²) < 4.78 is 0. The molecule has 31 heavy (non-hydrogen) atoms. The molecule has 1 heterocycles. The van der Waals surface area contributed by atoms with E-state index in [0.29, 0.717) is 6.42 Å². The van der Waals surface area contributed by atoms with Crippen molar-refractivity contribution in [3.8, 4) is 0 Å². The lowest BCUT2D eigenvalue weighted by Crippen LogP contribution is -2.63. The van der Waals surface area contributed by atoms with Crippen LogP contribution in [-0.2, 0) is 32.0 Å². The number of carbonyl (C=O) groups excluding carboxylic acids is 4. The van der Waals surface area contributed by atoms with Crippen molar-refractivity contribution in [3.05, 3.63) is 71.3 Å². The molecule has 8 nitrogen and oxygen atoms in total. The van der Waals surface area contributed by atoms with Gasteiger partial charge in [0.15, 0.2) is 0 Å². The third-order valence-corrected chi connectivity index (χ3v) is 5.30. The maximum atomic E-state index is 12.5. The molecule has 0 aromatic heterocycles. The van der Waals surface area contributed by atoms with Crippen molar-refractivity contribution in [2.45, 2.75) is 44.3 Å². The number of benzene rings is 2. The van der Waals surface area contributed by atoms with Gasteiger partial charge < -0.3 is 21.7 Å². The Balaban J connectivity index is 1.57. The lowest BCUT2D eigenvalue weighted by Gasteiger charge is -2.29. The van der Waals surface area contributed by atoms with Crippen LogP contribution in [0.4, 0.5) is 0 Å². The van der Waals surface area contributed by atoms with E-state index in [1.165, 1.54) is 0 Å². The fraction of sp³-hybridized carbons (Fsp3) is 0.304. The van der Waals surface area contributed by atoms with Crippen molar-refractivity contribution in [1.29, 1.82) is 0 Å². The fourth-order valence-corrected chi connectivity index (χ4v) is 3.53. The number of piperazine rings is 1. The molecule has 3 atom stereocenters. The summed E-state index contributed by atoms with van der Waals surface area (Å²) in [5.74, 6) is -2.01. The lowest BCUT2D eigenvalue weighted by atomic mass is 9.99. The summed E-state index contributed by atoms with van der Waals surface area (Å²) in [5.41, 5.74) is 8.24. The van der Waals surface area contributed by atoms with Crippen LogP contribution in [0, 0.1) is 6.92 Å². The second-order valence-electron chi connectivity index (χ2n) is 7.67. The Kier molecular flexibility index (Phi) is 7.02. The summed E-state index contributed by atoms with van der Waals surface area (Å²) in [6.07, 6.45) is 0.320. The minimum Gasteiger partial charge on any atom is -0.368 e. The number of nitrogens with two attached hydrogens (primary N) is 1. The van der Waals surface area contributed by atoms with Gasteiger partial charge in [-0.2, -0.15) is 0 Å². The minimum atomic E-state index is -1.01. The first-order valence-electron chi connectivity index (χ1n) is 10.1. The van der Waals surface area contributed by atoms with Crippen molar-refractivity contribution >= 4 is 23.6 Å². The van der Waals surface area contributed by atoms with Crippen LogP contribution in [-0.4, -0.2) is 41.8 Å². The summed E-state index contributed by atoms with van der Waals surface area (Å²) >= 11 is 0. The summed E-state index contributed by atoms with van der Waals surface area (Å²) in [5, 5.41) is 7.85. The van der Waals surface area contributed by atoms with Crippen LogP contribution in [0.25, 0.3) is 0 Å². The average Bonchev–Trinajstić information content (AvgIpc) is 2.73. The smallest absolute Gasteiger partial charge is 0.243 e. The van der Waals surface area contributed by atoms with Crippen molar-refractivity contribution in [2.24, 2.45) is 5.73 Å². The van der Waals surface area contributed by atoms with Gasteiger partial charge in [0.25, 0.3) is 0 Å². The van der Waals surface area contributed by atoms with Gasteiger partial charge in [-0.15, -0.1) is 0 Å². The molecule has 0 spiro atoms. The fourth-order valence-electron chi connectivity index (χ4n) is 3.53. The highest BCUT2D eigenvalue weighted by atomic mass is 16.2. The molecule has 162 valence electrons. The van der Waals surface area contributed by atoms with Crippen LogP contribution in [0.5, 0.6) is 0 Å². The Bertz CT molecular complexity index is 977. The van der Waals surface area contributed by atoms with Gasteiger partial charge in [0.1, 0.15) is 18.1 Å². The van der Waals surface area contributed by atoms with Crippen LogP contribution in [0.1, 0.15) is 23.1 Å². The molecular weight excluding hydrogens is 396 g/mol. The molecule has 0 radical (unpaired) electrons. The molecule has 8 heteroatoms. The Morgan fingerprint density at radius 1 is 0.968 bits per heavy atom. The van der Waals surface area contributed by atoms with E-state index < -0.39 is 35.8 Å². The predicted octanol–water partition coefficient (Wildman–Crippen LogP) is 0.124. The SMILES string of the molecule is Cc1ccccc1C[C@@H](NC(=O)C[C@@H]1NC(=O)[C@H](Cc2ccccc2)NC1=O)C(N)=O. The molecule has 0 saturated carbocycles. The molecule has 5 N–H and O–H groups in total. The van der Waals surface area contributed by atoms with Crippen LogP contribution in [0.3, 0.4) is 0 Å². The monoisotopic (exact) mass is 422 g/mol. The highest BCUT2D eigenvalue weighted by Gasteiger charge is 2.35. The maximum Gasteiger partial charge on any atom is 0.243 e. The molecule has 2 aromatic rings. The number of hydrogen-bond acceptors (Lipinski definition) is 4. The number of amides is 4. The largest absolute Gasteiger partial charge is 0.368 e. The molecule has 1 aliphatic rings. The van der Waals surface area contributed by atoms with Gasteiger partial charge in [0.05, 0.1) is 6.42 Å². The predicted molar refractivity (Wildman–Crippen MR) is 115 cm³/mol. The van der Waals surface area contributed by atoms with E-state index in [0.717, 1.165) is 16.7 Å². The van der Waals surface area contributed by atoms with Crippen LogP contribution in [0.15, 0.2) is 54.6 Å². The normalized spacial score (nSPS) is 19.1. The first-order chi connectivity index (χ1) is 14.8. The molecule has 0 unspecified atom stereocenters. The van der Waals surface area contributed by atoms with Crippen LogP contribution >= 0.6 is 0 Å². The number of nitrogens with one attached hydrogen (secondary N) is 3. The third kappa shape index (κ3) is 5.91. The van der Waals surface area contributed by atoms with Crippen molar-refractivity contribution < 1.29 is 19.2 Å². The first kappa shape index (κ1) is 22.0. The second-order valence-corrected chi connectivity index (χ2v) is 7.67. The molecule has 1 aliphatic heterocycles. The number of rotatable bonds is 8.